The van der Waals surface area contributed by atoms with Crippen LogP contribution in [0.5, 0.6) is 0 Å². The number of hydrogen-bond acceptors (Lipinski definition) is 5. The normalized spacial score (nSPS) is 11.1. The Morgan fingerprint density at radius 3 is 2.48 bits per heavy atom. The van der Waals surface area contributed by atoms with Gasteiger partial charge in [0.15, 0.2) is 5.69 Å². The number of benzene rings is 2. The highest BCUT2D eigenvalue weighted by molar-refractivity contribution is 5.52. The standard InChI is InChI=1S/C17H15N5O3/c1-11-8-9-13(10-15(11)22(24)25)18-19-16-12(2)20-21(17(16)23)14-6-4-3-5-7-14/h3-10,20H,1-2H3. The average molecular weight is 337 g/mol. The second-order valence-electron chi connectivity index (χ2n) is 5.49. The van der Waals surface area contributed by atoms with Crippen LogP contribution in [0, 0.1) is 24.0 Å². The third-order valence-corrected chi connectivity index (χ3v) is 3.71. The topological polar surface area (TPSA) is 106 Å². The highest BCUT2D eigenvalue weighted by Crippen LogP contribution is 2.25. The first-order valence-corrected chi connectivity index (χ1v) is 7.51. The fourth-order valence-corrected chi connectivity index (χ4v) is 2.38. The van der Waals surface area contributed by atoms with Crippen molar-refractivity contribution in [2.45, 2.75) is 13.8 Å². The summed E-state index contributed by atoms with van der Waals surface area (Å²) in [6.45, 7) is 3.36. The number of rotatable bonds is 4. The van der Waals surface area contributed by atoms with Gasteiger partial charge >= 0.3 is 0 Å². The van der Waals surface area contributed by atoms with Gasteiger partial charge in [0.2, 0.25) is 0 Å². The lowest BCUT2D eigenvalue weighted by atomic mass is 10.2. The van der Waals surface area contributed by atoms with Gasteiger partial charge in [-0.2, -0.15) is 5.11 Å². The van der Waals surface area contributed by atoms with E-state index in [1.807, 2.05) is 18.2 Å². The fraction of sp³-hybridized carbons (Fsp3) is 0.118. The first-order valence-electron chi connectivity index (χ1n) is 7.51. The van der Waals surface area contributed by atoms with E-state index in [1.54, 1.807) is 38.1 Å². The molecule has 0 atom stereocenters. The second-order valence-corrected chi connectivity index (χ2v) is 5.49. The van der Waals surface area contributed by atoms with Crippen molar-refractivity contribution in [1.82, 2.24) is 9.78 Å². The number of nitrogens with zero attached hydrogens (tertiary/aromatic N) is 4. The van der Waals surface area contributed by atoms with E-state index in [0.717, 1.165) is 0 Å². The first-order chi connectivity index (χ1) is 12.0. The molecule has 3 rings (SSSR count). The second kappa shape index (κ2) is 6.52. The number of aryl methyl sites for hydroxylation is 2. The summed E-state index contributed by atoms with van der Waals surface area (Å²) in [6.07, 6.45) is 0. The third kappa shape index (κ3) is 3.23. The highest BCUT2D eigenvalue weighted by Gasteiger charge is 2.13. The van der Waals surface area contributed by atoms with E-state index in [9.17, 15) is 14.9 Å². The van der Waals surface area contributed by atoms with Gasteiger partial charge in [0.25, 0.3) is 11.2 Å². The largest absolute Gasteiger partial charge is 0.299 e. The van der Waals surface area contributed by atoms with Gasteiger partial charge in [0, 0.05) is 11.6 Å². The van der Waals surface area contributed by atoms with Crippen LogP contribution in [0.25, 0.3) is 5.69 Å². The number of aromatic amines is 1. The van der Waals surface area contributed by atoms with Crippen LogP contribution in [0.1, 0.15) is 11.3 Å². The zero-order chi connectivity index (χ0) is 18.0. The molecule has 0 saturated heterocycles. The minimum absolute atomic E-state index is 0.0380. The smallest absolute Gasteiger partial charge is 0.293 e. The predicted octanol–water partition coefficient (Wildman–Crippen LogP) is 4.11. The van der Waals surface area contributed by atoms with Crippen molar-refractivity contribution in [1.29, 1.82) is 0 Å². The van der Waals surface area contributed by atoms with Crippen molar-refractivity contribution in [3.05, 3.63) is 80.3 Å². The SMILES string of the molecule is Cc1ccc(N=Nc2c(C)[nH]n(-c3ccccc3)c2=O)cc1[N+](=O)[O-]. The molecule has 0 spiro atoms. The van der Waals surface area contributed by atoms with E-state index >= 15 is 0 Å². The molecule has 0 amide bonds. The van der Waals surface area contributed by atoms with Gasteiger partial charge in [-0.15, -0.1) is 5.11 Å². The Kier molecular flexibility index (Phi) is 4.25. The van der Waals surface area contributed by atoms with Crippen LogP contribution in [0.3, 0.4) is 0 Å². The number of azo groups is 1. The molecule has 3 aromatic rings. The molecule has 0 aliphatic carbocycles. The molecule has 1 heterocycles. The first kappa shape index (κ1) is 16.3. The number of aromatic nitrogens is 2. The monoisotopic (exact) mass is 337 g/mol. The summed E-state index contributed by atoms with van der Waals surface area (Å²) in [5, 5.41) is 21.9. The van der Waals surface area contributed by atoms with E-state index in [0.29, 0.717) is 22.6 Å². The molecule has 126 valence electrons. The number of para-hydroxylation sites is 1. The van der Waals surface area contributed by atoms with Crippen LogP contribution < -0.4 is 5.56 Å². The van der Waals surface area contributed by atoms with Crippen molar-refractivity contribution in [2.75, 3.05) is 0 Å². The Labute approximate surface area is 142 Å². The lowest BCUT2D eigenvalue weighted by Gasteiger charge is -1.99. The number of hydrogen-bond donors (Lipinski definition) is 1. The van der Waals surface area contributed by atoms with Crippen LogP contribution in [0.4, 0.5) is 17.1 Å². The van der Waals surface area contributed by atoms with Gasteiger partial charge < -0.3 is 0 Å². The predicted molar refractivity (Wildman–Crippen MR) is 93.1 cm³/mol. The zero-order valence-corrected chi connectivity index (χ0v) is 13.6. The van der Waals surface area contributed by atoms with E-state index in [2.05, 4.69) is 15.3 Å². The van der Waals surface area contributed by atoms with Crippen molar-refractivity contribution < 1.29 is 4.92 Å². The molecule has 1 aromatic heterocycles. The van der Waals surface area contributed by atoms with Gasteiger partial charge in [-0.1, -0.05) is 24.3 Å². The van der Waals surface area contributed by atoms with Crippen LogP contribution >= 0.6 is 0 Å². The number of nitro groups is 1. The van der Waals surface area contributed by atoms with Gasteiger partial charge in [-0.05, 0) is 32.0 Å². The lowest BCUT2D eigenvalue weighted by molar-refractivity contribution is -0.385. The van der Waals surface area contributed by atoms with Crippen LogP contribution in [-0.2, 0) is 0 Å². The van der Waals surface area contributed by atoms with Crippen molar-refractivity contribution in [2.24, 2.45) is 10.2 Å². The third-order valence-electron chi connectivity index (χ3n) is 3.71. The molecular weight excluding hydrogens is 322 g/mol. The van der Waals surface area contributed by atoms with Gasteiger partial charge in [0.05, 0.1) is 22.0 Å². The molecule has 8 heteroatoms. The van der Waals surface area contributed by atoms with Crippen molar-refractivity contribution in [3.63, 3.8) is 0 Å². The summed E-state index contributed by atoms with van der Waals surface area (Å²) in [4.78, 5) is 23.0. The number of H-pyrrole nitrogens is 1. The van der Waals surface area contributed by atoms with Crippen molar-refractivity contribution >= 4 is 17.1 Å². The maximum Gasteiger partial charge on any atom is 0.299 e. The minimum atomic E-state index is -0.474. The summed E-state index contributed by atoms with van der Waals surface area (Å²) in [6, 6.07) is 13.6. The molecule has 0 aliphatic heterocycles. The maximum absolute atomic E-state index is 12.5. The Balaban J connectivity index is 1.98. The Morgan fingerprint density at radius 1 is 1.08 bits per heavy atom. The summed E-state index contributed by atoms with van der Waals surface area (Å²) in [7, 11) is 0. The molecule has 0 unspecified atom stereocenters. The van der Waals surface area contributed by atoms with E-state index in [1.165, 1.54) is 10.7 Å². The molecular formula is C17H15N5O3. The van der Waals surface area contributed by atoms with Crippen molar-refractivity contribution in [3.8, 4) is 5.69 Å². The van der Waals surface area contributed by atoms with Gasteiger partial charge in [-0.3, -0.25) is 20.0 Å². The molecule has 2 aromatic carbocycles. The summed E-state index contributed by atoms with van der Waals surface area (Å²) >= 11 is 0. The molecule has 8 nitrogen and oxygen atoms in total. The maximum atomic E-state index is 12.5. The van der Waals surface area contributed by atoms with E-state index < -0.39 is 4.92 Å². The Morgan fingerprint density at radius 2 is 1.80 bits per heavy atom. The average Bonchev–Trinajstić information content (AvgIpc) is 2.89. The molecule has 25 heavy (non-hydrogen) atoms. The fourth-order valence-electron chi connectivity index (χ4n) is 2.38. The van der Waals surface area contributed by atoms with Gasteiger partial charge in [0.1, 0.15) is 0 Å². The molecule has 0 radical (unpaired) electrons. The van der Waals surface area contributed by atoms with Gasteiger partial charge in [-0.25, -0.2) is 4.68 Å². The lowest BCUT2D eigenvalue weighted by Crippen LogP contribution is -2.13. The van der Waals surface area contributed by atoms with E-state index in [-0.39, 0.29) is 16.9 Å². The minimum Gasteiger partial charge on any atom is -0.293 e. The number of nitro benzene ring substituents is 1. The Hall–Kier alpha value is -3.55. The van der Waals surface area contributed by atoms with Crippen LogP contribution in [0.15, 0.2) is 63.6 Å². The van der Waals surface area contributed by atoms with Crippen LogP contribution in [0.2, 0.25) is 0 Å². The van der Waals surface area contributed by atoms with Crippen LogP contribution in [-0.4, -0.2) is 14.7 Å². The summed E-state index contributed by atoms with van der Waals surface area (Å²) in [5.74, 6) is 0. The summed E-state index contributed by atoms with van der Waals surface area (Å²) < 4.78 is 1.38. The molecule has 1 N–H and O–H groups in total. The number of nitrogens with one attached hydrogen (secondary N) is 1. The van der Waals surface area contributed by atoms with E-state index in [4.69, 9.17) is 0 Å². The molecule has 0 fully saturated rings. The Bertz CT molecular complexity index is 1020. The zero-order valence-electron chi connectivity index (χ0n) is 13.6. The molecule has 0 bridgehead atoms. The quantitative estimate of drug-likeness (QED) is 0.440. The molecule has 0 aliphatic rings. The molecule has 0 saturated carbocycles. The highest BCUT2D eigenvalue weighted by atomic mass is 16.6. The summed E-state index contributed by atoms with van der Waals surface area (Å²) in [5.41, 5.74) is 1.86.